The van der Waals surface area contributed by atoms with Crippen LogP contribution in [0.2, 0.25) is 0 Å². The second-order valence-corrected chi connectivity index (χ2v) is 4.98. The summed E-state index contributed by atoms with van der Waals surface area (Å²) >= 11 is 0. The van der Waals surface area contributed by atoms with Crippen molar-refractivity contribution in [2.24, 2.45) is 16.0 Å². The first-order valence-corrected chi connectivity index (χ1v) is 7.30. The standard InChI is InChI=1S/C17H22N4O/c1-21(13-3-12-18)16-8-4-14(5-9-16)19-20-15-6-10-17(22-2)11-7-15/h4-11H,3,12-13,18H2,1-2H3. The van der Waals surface area contributed by atoms with E-state index in [1.54, 1.807) is 7.11 Å². The van der Waals surface area contributed by atoms with E-state index in [1.165, 1.54) is 0 Å². The molecular weight excluding hydrogens is 276 g/mol. The van der Waals surface area contributed by atoms with E-state index in [4.69, 9.17) is 10.5 Å². The SMILES string of the molecule is COc1ccc(N=Nc2ccc(N(C)CCCN)cc2)cc1. The summed E-state index contributed by atoms with van der Waals surface area (Å²) in [7, 11) is 3.70. The predicted molar refractivity (Wildman–Crippen MR) is 90.6 cm³/mol. The molecule has 0 spiro atoms. The highest BCUT2D eigenvalue weighted by molar-refractivity contribution is 5.52. The minimum Gasteiger partial charge on any atom is -0.497 e. The molecule has 2 rings (SSSR count). The number of hydrogen-bond donors (Lipinski definition) is 1. The van der Waals surface area contributed by atoms with E-state index < -0.39 is 0 Å². The molecular formula is C17H22N4O. The zero-order chi connectivity index (χ0) is 15.8. The second-order valence-electron chi connectivity index (χ2n) is 4.98. The molecule has 2 aromatic carbocycles. The van der Waals surface area contributed by atoms with Gasteiger partial charge in [0.15, 0.2) is 0 Å². The Bertz CT molecular complexity index is 593. The Balaban J connectivity index is 1.99. The van der Waals surface area contributed by atoms with Gasteiger partial charge in [0, 0.05) is 19.3 Å². The van der Waals surface area contributed by atoms with E-state index in [0.29, 0.717) is 6.54 Å². The molecule has 5 nitrogen and oxygen atoms in total. The molecule has 0 saturated heterocycles. The van der Waals surface area contributed by atoms with Crippen molar-refractivity contribution in [2.75, 3.05) is 32.1 Å². The van der Waals surface area contributed by atoms with E-state index in [0.717, 1.165) is 35.8 Å². The Hall–Kier alpha value is -2.40. The molecule has 22 heavy (non-hydrogen) atoms. The van der Waals surface area contributed by atoms with Gasteiger partial charge in [0.1, 0.15) is 5.75 Å². The van der Waals surface area contributed by atoms with Gasteiger partial charge in [0.05, 0.1) is 18.5 Å². The van der Waals surface area contributed by atoms with Gasteiger partial charge in [-0.2, -0.15) is 10.2 Å². The number of benzene rings is 2. The molecule has 0 unspecified atom stereocenters. The van der Waals surface area contributed by atoms with Crippen LogP contribution in [0.3, 0.4) is 0 Å². The molecule has 0 radical (unpaired) electrons. The number of ether oxygens (including phenoxy) is 1. The highest BCUT2D eigenvalue weighted by Gasteiger charge is 2.00. The third kappa shape index (κ3) is 4.56. The van der Waals surface area contributed by atoms with Crippen molar-refractivity contribution < 1.29 is 4.74 Å². The summed E-state index contributed by atoms with van der Waals surface area (Å²) in [6, 6.07) is 15.5. The van der Waals surface area contributed by atoms with E-state index >= 15 is 0 Å². The van der Waals surface area contributed by atoms with Crippen LogP contribution < -0.4 is 15.4 Å². The van der Waals surface area contributed by atoms with Gasteiger partial charge in [-0.05, 0) is 61.5 Å². The molecule has 0 amide bonds. The number of nitrogens with zero attached hydrogens (tertiary/aromatic N) is 3. The Morgan fingerprint density at radius 2 is 1.50 bits per heavy atom. The molecule has 116 valence electrons. The minimum absolute atomic E-state index is 0.707. The maximum atomic E-state index is 5.53. The molecule has 2 N–H and O–H groups in total. The van der Waals surface area contributed by atoms with Crippen LogP contribution in [-0.4, -0.2) is 27.2 Å². The number of rotatable bonds is 7. The third-order valence-electron chi connectivity index (χ3n) is 3.34. The van der Waals surface area contributed by atoms with Crippen LogP contribution >= 0.6 is 0 Å². The van der Waals surface area contributed by atoms with Gasteiger partial charge in [0.2, 0.25) is 0 Å². The quantitative estimate of drug-likeness (QED) is 0.789. The maximum absolute atomic E-state index is 5.53. The highest BCUT2D eigenvalue weighted by atomic mass is 16.5. The average molecular weight is 298 g/mol. The van der Waals surface area contributed by atoms with Gasteiger partial charge >= 0.3 is 0 Å². The molecule has 0 atom stereocenters. The fraction of sp³-hybridized carbons (Fsp3) is 0.294. The second kappa shape index (κ2) is 8.14. The van der Waals surface area contributed by atoms with E-state index in [1.807, 2.05) is 48.5 Å². The van der Waals surface area contributed by atoms with Crippen LogP contribution in [0.15, 0.2) is 58.8 Å². The van der Waals surface area contributed by atoms with Crippen LogP contribution in [-0.2, 0) is 0 Å². The normalized spacial score (nSPS) is 10.9. The largest absolute Gasteiger partial charge is 0.497 e. The number of methoxy groups -OCH3 is 1. The molecule has 2 aromatic rings. The molecule has 0 aromatic heterocycles. The fourth-order valence-electron chi connectivity index (χ4n) is 2.00. The molecule has 0 aliphatic rings. The predicted octanol–water partition coefficient (Wildman–Crippen LogP) is 3.90. The summed E-state index contributed by atoms with van der Waals surface area (Å²) in [4.78, 5) is 2.18. The number of hydrogen-bond acceptors (Lipinski definition) is 5. The van der Waals surface area contributed by atoms with Crippen LogP contribution in [0.1, 0.15) is 6.42 Å². The van der Waals surface area contributed by atoms with Crippen molar-refractivity contribution >= 4 is 17.1 Å². The van der Waals surface area contributed by atoms with Crippen LogP contribution in [0.5, 0.6) is 5.75 Å². The lowest BCUT2D eigenvalue weighted by Gasteiger charge is -2.18. The van der Waals surface area contributed by atoms with Crippen molar-refractivity contribution in [3.63, 3.8) is 0 Å². The van der Waals surface area contributed by atoms with E-state index in [9.17, 15) is 0 Å². The van der Waals surface area contributed by atoms with Crippen LogP contribution in [0.4, 0.5) is 17.1 Å². The summed E-state index contributed by atoms with van der Waals surface area (Å²) in [6.45, 7) is 1.65. The Morgan fingerprint density at radius 3 is 2.00 bits per heavy atom. The smallest absolute Gasteiger partial charge is 0.119 e. The Labute approximate surface area is 131 Å². The van der Waals surface area contributed by atoms with Crippen molar-refractivity contribution in [2.45, 2.75) is 6.42 Å². The summed E-state index contributed by atoms with van der Waals surface area (Å²) in [5, 5.41) is 8.46. The summed E-state index contributed by atoms with van der Waals surface area (Å²) in [6.07, 6.45) is 0.982. The van der Waals surface area contributed by atoms with Crippen molar-refractivity contribution in [3.05, 3.63) is 48.5 Å². The first-order chi connectivity index (χ1) is 10.7. The third-order valence-corrected chi connectivity index (χ3v) is 3.34. The summed E-state index contributed by atoms with van der Waals surface area (Å²) in [5.74, 6) is 0.809. The minimum atomic E-state index is 0.707. The first-order valence-electron chi connectivity index (χ1n) is 7.30. The molecule has 0 saturated carbocycles. The Morgan fingerprint density at radius 1 is 0.955 bits per heavy atom. The molecule has 0 aliphatic heterocycles. The number of nitrogens with two attached hydrogens (primary N) is 1. The average Bonchev–Trinajstić information content (AvgIpc) is 2.58. The van der Waals surface area contributed by atoms with Gasteiger partial charge in [-0.25, -0.2) is 0 Å². The lowest BCUT2D eigenvalue weighted by molar-refractivity contribution is 0.415. The lowest BCUT2D eigenvalue weighted by atomic mass is 10.2. The molecule has 0 bridgehead atoms. The topological polar surface area (TPSA) is 63.2 Å². The zero-order valence-corrected chi connectivity index (χ0v) is 13.1. The van der Waals surface area contributed by atoms with Crippen molar-refractivity contribution in [1.82, 2.24) is 0 Å². The van der Waals surface area contributed by atoms with Crippen molar-refractivity contribution in [3.8, 4) is 5.75 Å². The zero-order valence-electron chi connectivity index (χ0n) is 13.1. The van der Waals surface area contributed by atoms with Gasteiger partial charge < -0.3 is 15.4 Å². The van der Waals surface area contributed by atoms with E-state index in [-0.39, 0.29) is 0 Å². The highest BCUT2D eigenvalue weighted by Crippen LogP contribution is 2.23. The van der Waals surface area contributed by atoms with Gasteiger partial charge in [-0.1, -0.05) is 0 Å². The molecule has 5 heteroatoms. The lowest BCUT2D eigenvalue weighted by Crippen LogP contribution is -2.20. The fourth-order valence-corrected chi connectivity index (χ4v) is 2.00. The van der Waals surface area contributed by atoms with Gasteiger partial charge in [-0.3, -0.25) is 0 Å². The molecule has 0 heterocycles. The van der Waals surface area contributed by atoms with Crippen molar-refractivity contribution in [1.29, 1.82) is 0 Å². The van der Waals surface area contributed by atoms with Crippen LogP contribution in [0.25, 0.3) is 0 Å². The molecule has 0 aliphatic carbocycles. The monoisotopic (exact) mass is 298 g/mol. The summed E-state index contributed by atoms with van der Waals surface area (Å²) < 4.78 is 5.11. The van der Waals surface area contributed by atoms with Crippen LogP contribution in [0, 0.1) is 0 Å². The van der Waals surface area contributed by atoms with Gasteiger partial charge in [0.25, 0.3) is 0 Å². The maximum Gasteiger partial charge on any atom is 0.119 e. The first kappa shape index (κ1) is 16.0. The molecule has 0 fully saturated rings. The Kier molecular flexibility index (Phi) is 5.91. The van der Waals surface area contributed by atoms with E-state index in [2.05, 4.69) is 22.2 Å². The number of azo groups is 1. The number of anilines is 1. The van der Waals surface area contributed by atoms with Gasteiger partial charge in [-0.15, -0.1) is 0 Å². The summed E-state index contributed by atoms with van der Waals surface area (Å²) in [5.41, 5.74) is 8.30.